The Kier molecular flexibility index (Phi) is 4.63. The van der Waals surface area contributed by atoms with E-state index in [0.29, 0.717) is 5.92 Å². The Hall–Kier alpha value is -2.33. The van der Waals surface area contributed by atoms with Crippen LogP contribution >= 0.6 is 0 Å². The van der Waals surface area contributed by atoms with Gasteiger partial charge in [0.05, 0.1) is 12.5 Å². The van der Waals surface area contributed by atoms with E-state index < -0.39 is 0 Å². The third-order valence-corrected chi connectivity index (χ3v) is 4.33. The number of rotatable bonds is 6. The van der Waals surface area contributed by atoms with Crippen LogP contribution in [0, 0.1) is 0 Å². The number of methoxy groups -OCH3 is 1. The molecule has 3 rings (SSSR count). The highest BCUT2D eigenvalue weighted by atomic mass is 16.5. The summed E-state index contributed by atoms with van der Waals surface area (Å²) in [5, 5.41) is 4.38. The molecule has 0 saturated carbocycles. The van der Waals surface area contributed by atoms with Crippen LogP contribution in [0.15, 0.2) is 48.8 Å². The van der Waals surface area contributed by atoms with Crippen LogP contribution in [0.3, 0.4) is 0 Å². The molecular formula is C19H23N3O. The highest BCUT2D eigenvalue weighted by Gasteiger charge is 2.21. The fraction of sp³-hybridized carbons (Fsp3) is 0.316. The first-order valence-electron chi connectivity index (χ1n) is 7.93. The van der Waals surface area contributed by atoms with Crippen molar-refractivity contribution in [2.75, 3.05) is 20.7 Å². The Morgan fingerprint density at radius 1 is 1.22 bits per heavy atom. The molecule has 2 heterocycles. The van der Waals surface area contributed by atoms with Crippen molar-refractivity contribution in [3.8, 4) is 5.75 Å². The normalized spacial score (nSPS) is 12.5. The number of benzene rings is 1. The standard InChI is InChI=1S/C19H23N3O/c1-20-11-9-15(14-7-5-4-6-8-14)16-13-22(2)19-18(16)17(23-3)10-12-21-19/h4-8,10,12-13,15,20H,9,11H2,1-3H3/t15-/m1/s1. The first kappa shape index (κ1) is 15.6. The predicted molar refractivity (Wildman–Crippen MR) is 94.1 cm³/mol. The molecule has 1 aromatic carbocycles. The summed E-state index contributed by atoms with van der Waals surface area (Å²) in [6.45, 7) is 0.957. The largest absolute Gasteiger partial charge is 0.496 e. The second-order valence-corrected chi connectivity index (χ2v) is 5.76. The molecule has 2 aromatic heterocycles. The first-order valence-corrected chi connectivity index (χ1v) is 7.93. The van der Waals surface area contributed by atoms with E-state index in [0.717, 1.165) is 29.7 Å². The van der Waals surface area contributed by atoms with Crippen molar-refractivity contribution in [2.45, 2.75) is 12.3 Å². The summed E-state index contributed by atoms with van der Waals surface area (Å²) in [6, 6.07) is 12.6. The van der Waals surface area contributed by atoms with E-state index in [1.807, 2.05) is 20.2 Å². The van der Waals surface area contributed by atoms with Gasteiger partial charge in [0.25, 0.3) is 0 Å². The number of fused-ring (bicyclic) bond motifs is 1. The van der Waals surface area contributed by atoms with Crippen LogP contribution in [-0.2, 0) is 7.05 Å². The highest BCUT2D eigenvalue weighted by Crippen LogP contribution is 2.37. The molecule has 0 radical (unpaired) electrons. The predicted octanol–water partition coefficient (Wildman–Crippen LogP) is 3.32. The van der Waals surface area contributed by atoms with Gasteiger partial charge >= 0.3 is 0 Å². The Labute approximate surface area is 137 Å². The molecule has 120 valence electrons. The number of ether oxygens (including phenoxy) is 1. The lowest BCUT2D eigenvalue weighted by Crippen LogP contribution is -2.13. The molecule has 1 N–H and O–H groups in total. The number of nitrogens with one attached hydrogen (secondary N) is 1. The third-order valence-electron chi connectivity index (χ3n) is 4.33. The summed E-state index contributed by atoms with van der Waals surface area (Å²) in [4.78, 5) is 4.53. The fourth-order valence-electron chi connectivity index (χ4n) is 3.22. The maximum absolute atomic E-state index is 5.60. The van der Waals surface area contributed by atoms with Gasteiger partial charge in [-0.15, -0.1) is 0 Å². The summed E-state index contributed by atoms with van der Waals surface area (Å²) in [5.74, 6) is 1.20. The average molecular weight is 309 g/mol. The minimum absolute atomic E-state index is 0.311. The zero-order valence-corrected chi connectivity index (χ0v) is 13.9. The van der Waals surface area contributed by atoms with Crippen LogP contribution < -0.4 is 10.1 Å². The lowest BCUT2D eigenvalue weighted by molar-refractivity contribution is 0.419. The maximum Gasteiger partial charge on any atom is 0.143 e. The third kappa shape index (κ3) is 2.94. The average Bonchev–Trinajstić information content (AvgIpc) is 2.93. The number of pyridine rings is 1. The van der Waals surface area contributed by atoms with E-state index in [4.69, 9.17) is 4.74 Å². The molecule has 3 aromatic rings. The molecule has 0 amide bonds. The molecule has 0 saturated heterocycles. The van der Waals surface area contributed by atoms with E-state index in [1.165, 1.54) is 11.1 Å². The van der Waals surface area contributed by atoms with Crippen molar-refractivity contribution in [3.63, 3.8) is 0 Å². The van der Waals surface area contributed by atoms with Crippen LogP contribution in [0.1, 0.15) is 23.5 Å². The van der Waals surface area contributed by atoms with Gasteiger partial charge in [0.15, 0.2) is 0 Å². The van der Waals surface area contributed by atoms with Crippen molar-refractivity contribution in [3.05, 3.63) is 59.9 Å². The van der Waals surface area contributed by atoms with Gasteiger partial charge in [0.2, 0.25) is 0 Å². The van der Waals surface area contributed by atoms with Crippen LogP contribution in [0.2, 0.25) is 0 Å². The van der Waals surface area contributed by atoms with Gasteiger partial charge in [-0.25, -0.2) is 4.98 Å². The molecule has 0 aliphatic heterocycles. The number of hydrogen-bond acceptors (Lipinski definition) is 3. The second kappa shape index (κ2) is 6.84. The Morgan fingerprint density at radius 2 is 2.00 bits per heavy atom. The van der Waals surface area contributed by atoms with Crippen molar-refractivity contribution in [1.82, 2.24) is 14.9 Å². The van der Waals surface area contributed by atoms with Crippen molar-refractivity contribution < 1.29 is 4.74 Å². The summed E-state index contributed by atoms with van der Waals surface area (Å²) < 4.78 is 7.69. The lowest BCUT2D eigenvalue weighted by atomic mass is 9.88. The number of nitrogens with zero attached hydrogens (tertiary/aromatic N) is 2. The van der Waals surface area contributed by atoms with Gasteiger partial charge in [0, 0.05) is 25.4 Å². The monoisotopic (exact) mass is 309 g/mol. The second-order valence-electron chi connectivity index (χ2n) is 5.76. The summed E-state index contributed by atoms with van der Waals surface area (Å²) in [6.07, 6.45) is 5.02. The van der Waals surface area contributed by atoms with Crippen molar-refractivity contribution in [2.24, 2.45) is 7.05 Å². The zero-order chi connectivity index (χ0) is 16.2. The van der Waals surface area contributed by atoms with Gasteiger partial charge < -0.3 is 14.6 Å². The number of aromatic nitrogens is 2. The van der Waals surface area contributed by atoms with Crippen molar-refractivity contribution >= 4 is 11.0 Å². The van der Waals surface area contributed by atoms with E-state index in [2.05, 4.69) is 51.4 Å². The lowest BCUT2D eigenvalue weighted by Gasteiger charge is -2.17. The smallest absolute Gasteiger partial charge is 0.143 e. The molecule has 23 heavy (non-hydrogen) atoms. The van der Waals surface area contributed by atoms with Crippen molar-refractivity contribution in [1.29, 1.82) is 0 Å². The molecule has 1 atom stereocenters. The number of hydrogen-bond donors (Lipinski definition) is 1. The fourth-order valence-corrected chi connectivity index (χ4v) is 3.22. The quantitative estimate of drug-likeness (QED) is 0.759. The van der Waals surface area contributed by atoms with Crippen LogP contribution in [0.5, 0.6) is 5.75 Å². The van der Waals surface area contributed by atoms with E-state index in [9.17, 15) is 0 Å². The zero-order valence-electron chi connectivity index (χ0n) is 13.9. The molecule has 0 spiro atoms. The van der Waals surface area contributed by atoms with E-state index >= 15 is 0 Å². The van der Waals surface area contributed by atoms with Gasteiger partial charge in [0.1, 0.15) is 11.4 Å². The van der Waals surface area contributed by atoms with E-state index in [-0.39, 0.29) is 0 Å². The summed E-state index contributed by atoms with van der Waals surface area (Å²) in [5.41, 5.74) is 3.56. The minimum atomic E-state index is 0.311. The SMILES string of the molecule is CNCC[C@H](c1ccccc1)c1cn(C)c2nccc(OC)c12. The molecule has 0 unspecified atom stereocenters. The van der Waals surface area contributed by atoms with Gasteiger partial charge in [-0.3, -0.25) is 0 Å². The topological polar surface area (TPSA) is 39.1 Å². The van der Waals surface area contributed by atoms with Gasteiger partial charge in [-0.2, -0.15) is 0 Å². The molecule has 4 heteroatoms. The van der Waals surface area contributed by atoms with Crippen LogP contribution in [0.4, 0.5) is 0 Å². The highest BCUT2D eigenvalue weighted by molar-refractivity contribution is 5.88. The first-order chi connectivity index (χ1) is 11.3. The Bertz CT molecular complexity index is 780. The molecule has 0 aliphatic carbocycles. The summed E-state index contributed by atoms with van der Waals surface area (Å²) >= 11 is 0. The van der Waals surface area contributed by atoms with Crippen LogP contribution in [-0.4, -0.2) is 30.3 Å². The van der Waals surface area contributed by atoms with Gasteiger partial charge in [-0.1, -0.05) is 30.3 Å². The molecule has 0 fully saturated rings. The van der Waals surface area contributed by atoms with Gasteiger partial charge in [-0.05, 0) is 37.2 Å². The molecule has 0 bridgehead atoms. The maximum atomic E-state index is 5.60. The Morgan fingerprint density at radius 3 is 2.70 bits per heavy atom. The molecule has 0 aliphatic rings. The van der Waals surface area contributed by atoms with Crippen LogP contribution in [0.25, 0.3) is 11.0 Å². The minimum Gasteiger partial charge on any atom is -0.496 e. The summed E-state index contributed by atoms with van der Waals surface area (Å²) in [7, 11) is 5.75. The number of aryl methyl sites for hydroxylation is 1. The molecular weight excluding hydrogens is 286 g/mol. The van der Waals surface area contributed by atoms with E-state index in [1.54, 1.807) is 13.3 Å². The molecule has 4 nitrogen and oxygen atoms in total. The Balaban J connectivity index is 2.18.